The van der Waals surface area contributed by atoms with Crippen molar-refractivity contribution in [1.82, 2.24) is 20.3 Å². The van der Waals surface area contributed by atoms with Crippen LogP contribution in [-0.4, -0.2) is 71.3 Å². The number of halogens is 4. The van der Waals surface area contributed by atoms with Crippen molar-refractivity contribution in [3.05, 3.63) is 70.9 Å². The van der Waals surface area contributed by atoms with Crippen LogP contribution in [0.1, 0.15) is 16.1 Å². The van der Waals surface area contributed by atoms with Crippen molar-refractivity contribution in [3.63, 3.8) is 0 Å². The maximum atomic E-state index is 12.6. The van der Waals surface area contributed by atoms with Crippen LogP contribution >= 0.6 is 11.6 Å². The number of piperazine rings is 1. The number of aliphatic hydroxyl groups is 1. The zero-order valence-electron chi connectivity index (χ0n) is 18.6. The van der Waals surface area contributed by atoms with Gasteiger partial charge in [0.25, 0.3) is 5.91 Å². The van der Waals surface area contributed by atoms with Crippen LogP contribution < -0.4 is 10.2 Å². The molecule has 1 aliphatic heterocycles. The molecule has 2 heterocycles. The molecule has 4 rings (SSSR count). The van der Waals surface area contributed by atoms with E-state index in [1.807, 2.05) is 4.90 Å². The highest BCUT2D eigenvalue weighted by Gasteiger charge is 2.30. The standard InChI is InChI=1S/C24H24ClF3N4O3/c25-18-4-8-21-16(13-18)1-7-22(29-21)23(34)30-32-11-9-31(10-12-32)14-19(33)15-35-20-5-2-17(3-6-20)24(26,27)28/h1-8,13,19,33H,9-12,14-15H2,(H,30,34). The molecule has 0 saturated carbocycles. The molecule has 3 aromatic rings. The Labute approximate surface area is 205 Å². The van der Waals surface area contributed by atoms with Crippen LogP contribution in [0.5, 0.6) is 5.75 Å². The lowest BCUT2D eigenvalue weighted by Crippen LogP contribution is -2.55. The number of β-amino-alcohol motifs (C(OH)–C–C–N with tert-alkyl or cyclic N) is 1. The van der Waals surface area contributed by atoms with Gasteiger partial charge in [-0.25, -0.2) is 9.99 Å². The van der Waals surface area contributed by atoms with Crippen molar-refractivity contribution >= 4 is 28.4 Å². The van der Waals surface area contributed by atoms with E-state index in [1.54, 1.807) is 35.3 Å². The number of hydrogen-bond acceptors (Lipinski definition) is 6. The molecule has 35 heavy (non-hydrogen) atoms. The van der Waals surface area contributed by atoms with Gasteiger partial charge in [0.1, 0.15) is 24.2 Å². The number of amides is 1. The van der Waals surface area contributed by atoms with Crippen LogP contribution in [0.25, 0.3) is 10.9 Å². The fourth-order valence-electron chi connectivity index (χ4n) is 3.75. The molecule has 7 nitrogen and oxygen atoms in total. The molecular weight excluding hydrogens is 485 g/mol. The molecular formula is C24H24ClF3N4O3. The molecule has 1 unspecified atom stereocenters. The number of benzene rings is 2. The summed E-state index contributed by atoms with van der Waals surface area (Å²) in [7, 11) is 0. The Morgan fingerprint density at radius 3 is 2.49 bits per heavy atom. The fraction of sp³-hybridized carbons (Fsp3) is 0.333. The van der Waals surface area contributed by atoms with Gasteiger partial charge in [-0.05, 0) is 48.5 Å². The number of aromatic nitrogens is 1. The van der Waals surface area contributed by atoms with E-state index in [9.17, 15) is 23.1 Å². The predicted molar refractivity (Wildman–Crippen MR) is 125 cm³/mol. The Hall–Kier alpha value is -2.92. The summed E-state index contributed by atoms with van der Waals surface area (Å²) < 4.78 is 43.3. The van der Waals surface area contributed by atoms with E-state index in [0.717, 1.165) is 17.5 Å². The molecule has 0 bridgehead atoms. The molecule has 11 heteroatoms. The van der Waals surface area contributed by atoms with Crippen LogP contribution in [0.4, 0.5) is 13.2 Å². The average molecular weight is 509 g/mol. The number of rotatable bonds is 7. The van der Waals surface area contributed by atoms with E-state index in [0.29, 0.717) is 49.0 Å². The first-order valence-electron chi connectivity index (χ1n) is 11.0. The lowest BCUT2D eigenvalue weighted by atomic mass is 10.2. The molecule has 1 saturated heterocycles. The minimum atomic E-state index is -4.40. The smallest absolute Gasteiger partial charge is 0.416 e. The predicted octanol–water partition coefficient (Wildman–Crippen LogP) is 3.61. The van der Waals surface area contributed by atoms with Gasteiger partial charge in [-0.3, -0.25) is 15.1 Å². The number of hydrazine groups is 1. The highest BCUT2D eigenvalue weighted by Crippen LogP contribution is 2.30. The summed E-state index contributed by atoms with van der Waals surface area (Å²) in [5.41, 5.74) is 3.09. The molecule has 1 aliphatic rings. The monoisotopic (exact) mass is 508 g/mol. The third-order valence-corrected chi connectivity index (χ3v) is 5.84. The molecule has 0 spiro atoms. The Bertz CT molecular complexity index is 1170. The lowest BCUT2D eigenvalue weighted by Gasteiger charge is -2.35. The topological polar surface area (TPSA) is 77.9 Å². The van der Waals surface area contributed by atoms with Gasteiger partial charge in [0.2, 0.25) is 0 Å². The summed E-state index contributed by atoms with van der Waals surface area (Å²) in [5.74, 6) is -0.0461. The van der Waals surface area contributed by atoms with Crippen LogP contribution in [0.15, 0.2) is 54.6 Å². The van der Waals surface area contributed by atoms with E-state index in [2.05, 4.69) is 10.4 Å². The highest BCUT2D eigenvalue weighted by molar-refractivity contribution is 6.31. The minimum Gasteiger partial charge on any atom is -0.491 e. The normalized spacial score (nSPS) is 16.3. The second-order valence-corrected chi connectivity index (χ2v) is 8.69. The number of ether oxygens (including phenoxy) is 1. The van der Waals surface area contributed by atoms with Gasteiger partial charge in [-0.1, -0.05) is 17.7 Å². The second-order valence-electron chi connectivity index (χ2n) is 8.25. The Balaban J connectivity index is 1.20. The number of nitrogens with one attached hydrogen (secondary N) is 1. The van der Waals surface area contributed by atoms with Gasteiger partial charge in [-0.15, -0.1) is 0 Å². The first-order chi connectivity index (χ1) is 16.7. The molecule has 0 aliphatic carbocycles. The van der Waals surface area contributed by atoms with E-state index >= 15 is 0 Å². The summed E-state index contributed by atoms with van der Waals surface area (Å²) in [6.45, 7) is 2.64. The Morgan fingerprint density at radius 1 is 1.09 bits per heavy atom. The molecule has 1 atom stereocenters. The molecule has 2 N–H and O–H groups in total. The molecule has 1 fully saturated rings. The Morgan fingerprint density at radius 2 is 1.80 bits per heavy atom. The number of hydrogen-bond donors (Lipinski definition) is 2. The van der Waals surface area contributed by atoms with Crippen LogP contribution in [0.3, 0.4) is 0 Å². The van der Waals surface area contributed by atoms with E-state index < -0.39 is 17.8 Å². The number of pyridine rings is 1. The van der Waals surface area contributed by atoms with Crippen LogP contribution in [0, 0.1) is 0 Å². The van der Waals surface area contributed by atoms with Gasteiger partial charge in [-0.2, -0.15) is 13.2 Å². The van der Waals surface area contributed by atoms with E-state index in [4.69, 9.17) is 16.3 Å². The maximum absolute atomic E-state index is 12.6. The largest absolute Gasteiger partial charge is 0.491 e. The minimum absolute atomic E-state index is 0.0405. The van der Waals surface area contributed by atoms with Crippen LogP contribution in [0.2, 0.25) is 5.02 Å². The third kappa shape index (κ3) is 6.82. The summed E-state index contributed by atoms with van der Waals surface area (Å²) in [6.07, 6.45) is -5.21. The van der Waals surface area contributed by atoms with E-state index in [1.165, 1.54) is 12.1 Å². The quantitative estimate of drug-likeness (QED) is 0.508. The first-order valence-corrected chi connectivity index (χ1v) is 11.4. The SMILES string of the molecule is O=C(NN1CCN(CC(O)COc2ccc(C(F)(F)F)cc2)CC1)c1ccc2cc(Cl)ccc2n1. The molecule has 1 amide bonds. The number of carbonyl (C=O) groups excluding carboxylic acids is 1. The summed E-state index contributed by atoms with van der Waals surface area (Å²) in [4.78, 5) is 19.0. The van der Waals surface area contributed by atoms with Crippen molar-refractivity contribution in [1.29, 1.82) is 0 Å². The number of carbonyl (C=O) groups is 1. The summed E-state index contributed by atoms with van der Waals surface area (Å²) in [6, 6.07) is 13.1. The number of nitrogens with zero attached hydrogens (tertiary/aromatic N) is 3. The van der Waals surface area contributed by atoms with Crippen molar-refractivity contribution in [2.45, 2.75) is 12.3 Å². The number of fused-ring (bicyclic) bond motifs is 1. The molecule has 0 radical (unpaired) electrons. The van der Waals surface area contributed by atoms with E-state index in [-0.39, 0.29) is 18.3 Å². The lowest BCUT2D eigenvalue weighted by molar-refractivity contribution is -0.137. The van der Waals surface area contributed by atoms with Gasteiger partial charge in [0.05, 0.1) is 11.1 Å². The van der Waals surface area contributed by atoms with Gasteiger partial charge in [0.15, 0.2) is 0 Å². The highest BCUT2D eigenvalue weighted by atomic mass is 35.5. The van der Waals surface area contributed by atoms with Crippen molar-refractivity contribution in [3.8, 4) is 5.75 Å². The second kappa shape index (κ2) is 10.8. The molecule has 2 aromatic carbocycles. The fourth-order valence-corrected chi connectivity index (χ4v) is 3.93. The maximum Gasteiger partial charge on any atom is 0.416 e. The van der Waals surface area contributed by atoms with Gasteiger partial charge < -0.3 is 9.84 Å². The Kier molecular flexibility index (Phi) is 7.75. The summed E-state index contributed by atoms with van der Waals surface area (Å²) in [5, 5.41) is 13.5. The number of alkyl halides is 3. The molecule has 1 aromatic heterocycles. The van der Waals surface area contributed by atoms with Gasteiger partial charge >= 0.3 is 6.18 Å². The first kappa shape index (κ1) is 25.2. The van der Waals surface area contributed by atoms with Crippen molar-refractivity contribution in [2.75, 3.05) is 39.3 Å². The third-order valence-electron chi connectivity index (χ3n) is 5.61. The van der Waals surface area contributed by atoms with Crippen molar-refractivity contribution < 1.29 is 27.8 Å². The van der Waals surface area contributed by atoms with Crippen molar-refractivity contribution in [2.24, 2.45) is 0 Å². The zero-order chi connectivity index (χ0) is 25.0. The zero-order valence-corrected chi connectivity index (χ0v) is 19.4. The summed E-state index contributed by atoms with van der Waals surface area (Å²) >= 11 is 5.98. The van der Waals surface area contributed by atoms with Gasteiger partial charge in [0, 0.05) is 43.1 Å². The number of aliphatic hydroxyl groups excluding tert-OH is 1. The average Bonchev–Trinajstić information content (AvgIpc) is 2.83. The molecule has 186 valence electrons. The van der Waals surface area contributed by atoms with Crippen LogP contribution in [-0.2, 0) is 6.18 Å².